The molecular formula is C59H42N2. The zero-order chi connectivity index (χ0) is 40.7. The summed E-state index contributed by atoms with van der Waals surface area (Å²) >= 11 is 0. The number of fused-ring (bicyclic) bond motifs is 4. The van der Waals surface area contributed by atoms with E-state index in [1.807, 2.05) is 0 Å². The van der Waals surface area contributed by atoms with E-state index < -0.39 is 0 Å². The molecule has 61 heavy (non-hydrogen) atoms. The Labute approximate surface area is 356 Å². The SMILES string of the molecule is Cc1ccc(-c2ccc(-c3ccc(N(c4ccc(-c5ccc(-c6ccccc6)c6ccccc56)cc4)c4ccc(-n5c6ccccc6c6ccccc65)cc4)cc3)cc2)cc1. The third-order valence-corrected chi connectivity index (χ3v) is 12.1. The number of rotatable bonds is 8. The van der Waals surface area contributed by atoms with Crippen molar-refractivity contribution < 1.29 is 0 Å². The Morgan fingerprint density at radius 3 is 1.10 bits per heavy atom. The highest BCUT2D eigenvalue weighted by Gasteiger charge is 2.17. The molecular weight excluding hydrogens is 737 g/mol. The Morgan fingerprint density at radius 1 is 0.279 bits per heavy atom. The Hall–Kier alpha value is -7.94. The van der Waals surface area contributed by atoms with Crippen LogP contribution in [-0.4, -0.2) is 4.57 Å². The van der Waals surface area contributed by atoms with Gasteiger partial charge in [-0.25, -0.2) is 0 Å². The Balaban J connectivity index is 0.974. The molecule has 0 saturated heterocycles. The minimum Gasteiger partial charge on any atom is -0.311 e. The Bertz CT molecular complexity index is 3250. The monoisotopic (exact) mass is 778 g/mol. The molecule has 1 aromatic heterocycles. The van der Waals surface area contributed by atoms with Crippen LogP contribution in [0.15, 0.2) is 237 Å². The van der Waals surface area contributed by atoms with Crippen LogP contribution >= 0.6 is 0 Å². The summed E-state index contributed by atoms with van der Waals surface area (Å²) in [4.78, 5) is 2.36. The molecule has 0 fully saturated rings. The second kappa shape index (κ2) is 15.3. The molecule has 0 aliphatic heterocycles. The molecule has 0 amide bonds. The predicted octanol–water partition coefficient (Wildman–Crippen LogP) is 16.4. The second-order valence-electron chi connectivity index (χ2n) is 15.8. The van der Waals surface area contributed by atoms with Crippen molar-refractivity contribution in [1.82, 2.24) is 4.57 Å². The fraction of sp³-hybridized carbons (Fsp3) is 0.0169. The molecule has 0 saturated carbocycles. The molecule has 11 rings (SSSR count). The van der Waals surface area contributed by atoms with Gasteiger partial charge in [0.15, 0.2) is 0 Å². The zero-order valence-electron chi connectivity index (χ0n) is 33.9. The highest BCUT2D eigenvalue weighted by Crippen LogP contribution is 2.41. The van der Waals surface area contributed by atoms with Crippen molar-refractivity contribution in [2.45, 2.75) is 6.92 Å². The first-order valence-corrected chi connectivity index (χ1v) is 21.0. The molecule has 0 bridgehead atoms. The van der Waals surface area contributed by atoms with E-state index in [0.717, 1.165) is 22.7 Å². The number of hydrogen-bond donors (Lipinski definition) is 0. The topological polar surface area (TPSA) is 8.17 Å². The van der Waals surface area contributed by atoms with E-state index in [1.165, 1.54) is 82.6 Å². The second-order valence-corrected chi connectivity index (χ2v) is 15.8. The van der Waals surface area contributed by atoms with Crippen molar-refractivity contribution >= 4 is 49.6 Å². The van der Waals surface area contributed by atoms with Gasteiger partial charge < -0.3 is 9.47 Å². The Morgan fingerprint density at radius 2 is 0.623 bits per heavy atom. The molecule has 2 nitrogen and oxygen atoms in total. The summed E-state index contributed by atoms with van der Waals surface area (Å²) in [7, 11) is 0. The molecule has 0 spiro atoms. The van der Waals surface area contributed by atoms with E-state index in [9.17, 15) is 0 Å². The molecule has 11 aromatic rings. The third kappa shape index (κ3) is 6.65. The van der Waals surface area contributed by atoms with Crippen LogP contribution in [0.25, 0.3) is 82.8 Å². The average Bonchev–Trinajstić information content (AvgIpc) is 3.67. The van der Waals surface area contributed by atoms with Gasteiger partial charge >= 0.3 is 0 Å². The van der Waals surface area contributed by atoms with Gasteiger partial charge in [0.05, 0.1) is 11.0 Å². The third-order valence-electron chi connectivity index (χ3n) is 12.1. The van der Waals surface area contributed by atoms with Gasteiger partial charge in [-0.3, -0.25) is 0 Å². The molecule has 1 heterocycles. The molecule has 0 N–H and O–H groups in total. The van der Waals surface area contributed by atoms with Crippen molar-refractivity contribution in [1.29, 1.82) is 0 Å². The van der Waals surface area contributed by atoms with Gasteiger partial charge in [-0.15, -0.1) is 0 Å². The minimum absolute atomic E-state index is 1.09. The van der Waals surface area contributed by atoms with Crippen molar-refractivity contribution in [3.8, 4) is 50.2 Å². The van der Waals surface area contributed by atoms with E-state index in [0.29, 0.717) is 0 Å². The average molecular weight is 779 g/mol. The van der Waals surface area contributed by atoms with Crippen LogP contribution in [0.4, 0.5) is 17.1 Å². The lowest BCUT2D eigenvalue weighted by Crippen LogP contribution is -2.10. The van der Waals surface area contributed by atoms with Gasteiger partial charge in [-0.2, -0.15) is 0 Å². The summed E-state index contributed by atoms with van der Waals surface area (Å²) in [5.41, 5.74) is 17.8. The fourth-order valence-electron chi connectivity index (χ4n) is 9.01. The van der Waals surface area contributed by atoms with Crippen molar-refractivity contribution in [3.05, 3.63) is 242 Å². The van der Waals surface area contributed by atoms with Crippen molar-refractivity contribution in [3.63, 3.8) is 0 Å². The standard InChI is InChI=1S/C59H42N2/c1-41-19-21-42(22-20-41)43-23-25-44(26-24-43)45-27-31-48(32-28-45)60(50-35-37-51(38-36-50)61-58-17-9-7-15-56(58)57-16-8-10-18-59(57)61)49-33-29-47(30-34-49)53-40-39-52(46-11-3-2-4-12-46)54-13-5-6-14-55(53)54/h2-40H,1H3. The van der Waals surface area contributed by atoms with Crippen LogP contribution in [0, 0.1) is 6.92 Å². The molecule has 0 unspecified atom stereocenters. The highest BCUT2D eigenvalue weighted by molar-refractivity contribution is 6.09. The molecule has 10 aromatic carbocycles. The van der Waals surface area contributed by atoms with Crippen LogP contribution in [0.1, 0.15) is 5.56 Å². The summed E-state index contributed by atoms with van der Waals surface area (Å²) in [6, 6.07) is 86.0. The molecule has 2 heteroatoms. The van der Waals surface area contributed by atoms with Gasteiger partial charge in [0.2, 0.25) is 0 Å². The van der Waals surface area contributed by atoms with Gasteiger partial charge in [0.25, 0.3) is 0 Å². The lowest BCUT2D eigenvalue weighted by atomic mass is 9.92. The van der Waals surface area contributed by atoms with E-state index in [1.54, 1.807) is 0 Å². The van der Waals surface area contributed by atoms with E-state index in [4.69, 9.17) is 0 Å². The fourth-order valence-corrected chi connectivity index (χ4v) is 9.01. The maximum Gasteiger partial charge on any atom is 0.0541 e. The minimum atomic E-state index is 1.09. The smallest absolute Gasteiger partial charge is 0.0541 e. The lowest BCUT2D eigenvalue weighted by molar-refractivity contribution is 1.17. The number of para-hydroxylation sites is 2. The molecule has 0 aliphatic rings. The first-order chi connectivity index (χ1) is 30.2. The van der Waals surface area contributed by atoms with Crippen LogP contribution in [0.3, 0.4) is 0 Å². The van der Waals surface area contributed by atoms with Gasteiger partial charge in [-0.05, 0) is 123 Å². The number of hydrogen-bond acceptors (Lipinski definition) is 1. The van der Waals surface area contributed by atoms with Gasteiger partial charge in [-0.1, -0.05) is 181 Å². The maximum absolute atomic E-state index is 2.37. The summed E-state index contributed by atoms with van der Waals surface area (Å²) in [6.45, 7) is 2.13. The lowest BCUT2D eigenvalue weighted by Gasteiger charge is -2.26. The summed E-state index contributed by atoms with van der Waals surface area (Å²) in [5.74, 6) is 0. The largest absolute Gasteiger partial charge is 0.311 e. The quantitative estimate of drug-likeness (QED) is 0.149. The molecule has 0 radical (unpaired) electrons. The predicted molar refractivity (Wildman–Crippen MR) is 259 cm³/mol. The molecule has 288 valence electrons. The van der Waals surface area contributed by atoms with Crippen LogP contribution in [0.2, 0.25) is 0 Å². The summed E-state index contributed by atoms with van der Waals surface area (Å²) < 4.78 is 2.37. The first kappa shape index (κ1) is 36.2. The van der Waals surface area contributed by atoms with Crippen molar-refractivity contribution in [2.24, 2.45) is 0 Å². The Kier molecular flexibility index (Phi) is 9.09. The zero-order valence-corrected chi connectivity index (χ0v) is 33.9. The summed E-state index contributed by atoms with van der Waals surface area (Å²) in [6.07, 6.45) is 0. The van der Waals surface area contributed by atoms with Gasteiger partial charge in [0, 0.05) is 33.5 Å². The maximum atomic E-state index is 2.37. The number of anilines is 3. The highest BCUT2D eigenvalue weighted by atomic mass is 15.1. The van der Waals surface area contributed by atoms with Crippen LogP contribution in [0.5, 0.6) is 0 Å². The van der Waals surface area contributed by atoms with E-state index >= 15 is 0 Å². The van der Waals surface area contributed by atoms with E-state index in [-0.39, 0.29) is 0 Å². The number of aromatic nitrogens is 1. The number of aryl methyl sites for hydroxylation is 1. The molecule has 0 atom stereocenters. The normalized spacial score (nSPS) is 11.4. The number of benzene rings is 10. The van der Waals surface area contributed by atoms with Crippen LogP contribution < -0.4 is 4.90 Å². The number of nitrogens with zero attached hydrogens (tertiary/aromatic N) is 2. The van der Waals surface area contributed by atoms with Gasteiger partial charge in [0.1, 0.15) is 0 Å². The van der Waals surface area contributed by atoms with E-state index in [2.05, 4.69) is 253 Å². The van der Waals surface area contributed by atoms with Crippen molar-refractivity contribution in [2.75, 3.05) is 4.90 Å². The first-order valence-electron chi connectivity index (χ1n) is 21.0. The molecule has 0 aliphatic carbocycles. The summed E-state index contributed by atoms with van der Waals surface area (Å²) in [5, 5.41) is 5.02. The van der Waals surface area contributed by atoms with Crippen LogP contribution in [-0.2, 0) is 0 Å².